The monoisotopic (exact) mass is 469 g/mol. The van der Waals surface area contributed by atoms with Crippen LogP contribution in [0.15, 0.2) is 35.1 Å². The lowest BCUT2D eigenvalue weighted by Gasteiger charge is -2.34. The van der Waals surface area contributed by atoms with E-state index >= 15 is 0 Å². The number of hydrogen-bond acceptors (Lipinski definition) is 7. The highest BCUT2D eigenvalue weighted by atomic mass is 35.5. The van der Waals surface area contributed by atoms with Gasteiger partial charge in [-0.3, -0.25) is 4.79 Å². The van der Waals surface area contributed by atoms with Crippen molar-refractivity contribution >= 4 is 23.3 Å². The summed E-state index contributed by atoms with van der Waals surface area (Å²) in [4.78, 5) is 22.4. The number of benzene rings is 1. The number of carbonyl (C=O) groups excluding carboxylic acids is 1. The highest BCUT2D eigenvalue weighted by Gasteiger charge is 2.41. The molecule has 33 heavy (non-hydrogen) atoms. The molecule has 1 aromatic carbocycles. The van der Waals surface area contributed by atoms with E-state index in [1.807, 2.05) is 16.7 Å². The molecule has 0 radical (unpaired) electrons. The Kier molecular flexibility index (Phi) is 4.77. The molecule has 6 rings (SSSR count). The van der Waals surface area contributed by atoms with Crippen LogP contribution in [0.1, 0.15) is 34.6 Å². The highest BCUT2D eigenvalue weighted by molar-refractivity contribution is 6.35. The van der Waals surface area contributed by atoms with Crippen molar-refractivity contribution in [2.75, 3.05) is 31.1 Å². The molecular weight excluding hydrogens is 449 g/mol. The van der Waals surface area contributed by atoms with Crippen molar-refractivity contribution in [1.29, 1.82) is 0 Å². The van der Waals surface area contributed by atoms with Crippen LogP contribution in [-0.2, 0) is 6.54 Å². The molecule has 3 aromatic rings. The SMILES string of the molecule is CC1c2conc2CN1c1nc(-c2ccccc2F)c(Cl)c2c1C(=O)N1CCNC[C@@H]1CO2. The molecule has 1 N–H and O–H groups in total. The molecule has 8 nitrogen and oxygen atoms in total. The lowest BCUT2D eigenvalue weighted by molar-refractivity contribution is 0.0606. The zero-order valence-corrected chi connectivity index (χ0v) is 18.6. The number of anilines is 1. The van der Waals surface area contributed by atoms with Crippen molar-refractivity contribution in [3.63, 3.8) is 0 Å². The van der Waals surface area contributed by atoms with Gasteiger partial charge in [0.05, 0.1) is 24.3 Å². The van der Waals surface area contributed by atoms with Crippen molar-refractivity contribution in [3.05, 3.63) is 58.2 Å². The second-order valence-electron chi connectivity index (χ2n) is 8.47. The largest absolute Gasteiger partial charge is 0.489 e. The Hall–Kier alpha value is -3.17. The molecule has 1 fully saturated rings. The summed E-state index contributed by atoms with van der Waals surface area (Å²) in [6.07, 6.45) is 1.61. The topological polar surface area (TPSA) is 83.7 Å². The zero-order chi connectivity index (χ0) is 22.7. The van der Waals surface area contributed by atoms with Gasteiger partial charge < -0.3 is 24.4 Å². The quantitative estimate of drug-likeness (QED) is 0.615. The number of hydrogen-bond donors (Lipinski definition) is 1. The minimum Gasteiger partial charge on any atom is -0.489 e. The lowest BCUT2D eigenvalue weighted by atomic mass is 10.1. The molecule has 0 saturated carbocycles. The van der Waals surface area contributed by atoms with Crippen LogP contribution in [0.4, 0.5) is 10.2 Å². The summed E-state index contributed by atoms with van der Waals surface area (Å²) in [6, 6.07) is 6.03. The Morgan fingerprint density at radius 2 is 2.12 bits per heavy atom. The number of halogens is 2. The lowest BCUT2D eigenvalue weighted by Crippen LogP contribution is -2.55. The Balaban J connectivity index is 1.58. The van der Waals surface area contributed by atoms with Gasteiger partial charge in [-0.25, -0.2) is 9.37 Å². The number of pyridine rings is 1. The van der Waals surface area contributed by atoms with Crippen LogP contribution in [0.5, 0.6) is 5.75 Å². The smallest absolute Gasteiger partial charge is 0.261 e. The van der Waals surface area contributed by atoms with E-state index in [-0.39, 0.29) is 46.6 Å². The number of nitrogens with one attached hydrogen (secondary N) is 1. The minimum atomic E-state index is -0.453. The fourth-order valence-corrected chi connectivity index (χ4v) is 5.14. The number of aromatic nitrogens is 2. The van der Waals surface area contributed by atoms with Crippen LogP contribution in [0.25, 0.3) is 11.3 Å². The Labute approximate surface area is 194 Å². The fraction of sp³-hybridized carbons (Fsp3) is 0.348. The summed E-state index contributed by atoms with van der Waals surface area (Å²) in [7, 11) is 0. The van der Waals surface area contributed by atoms with Crippen molar-refractivity contribution in [2.45, 2.75) is 25.6 Å². The van der Waals surface area contributed by atoms with E-state index in [2.05, 4.69) is 10.5 Å². The molecule has 5 heterocycles. The predicted molar refractivity (Wildman–Crippen MR) is 119 cm³/mol. The molecule has 10 heteroatoms. The molecule has 1 saturated heterocycles. The average Bonchev–Trinajstić information content (AvgIpc) is 3.37. The van der Waals surface area contributed by atoms with Crippen LogP contribution in [0.3, 0.4) is 0 Å². The van der Waals surface area contributed by atoms with E-state index in [1.165, 1.54) is 6.07 Å². The summed E-state index contributed by atoms with van der Waals surface area (Å²) < 4.78 is 26.1. The molecule has 170 valence electrons. The van der Waals surface area contributed by atoms with Gasteiger partial charge in [-0.05, 0) is 19.1 Å². The maximum atomic E-state index is 14.8. The minimum absolute atomic E-state index is 0.129. The van der Waals surface area contributed by atoms with E-state index in [9.17, 15) is 9.18 Å². The highest BCUT2D eigenvalue weighted by Crippen LogP contribution is 2.47. The molecule has 3 aliphatic heterocycles. The van der Waals surface area contributed by atoms with E-state index in [4.69, 9.17) is 25.8 Å². The second kappa shape index (κ2) is 7.71. The van der Waals surface area contributed by atoms with Crippen LogP contribution < -0.4 is 15.0 Å². The summed E-state index contributed by atoms with van der Waals surface area (Å²) in [5.41, 5.74) is 2.50. The molecule has 0 aliphatic carbocycles. The number of carbonyl (C=O) groups is 1. The molecule has 3 aliphatic rings. The number of amides is 1. The molecule has 2 atom stereocenters. The summed E-state index contributed by atoms with van der Waals surface area (Å²) in [5, 5.41) is 7.52. The fourth-order valence-electron chi connectivity index (χ4n) is 4.85. The standard InChI is InChI=1S/C23H21ClFN5O3/c1-12-15-11-33-28-17(15)9-30(12)22-18-21(32-10-13-8-26-6-7-29(13)23(18)31)19(24)20(27-22)14-4-2-3-5-16(14)25/h2-5,11-13,26H,6-10H2,1H3/t12?,13-/m1/s1. The maximum absolute atomic E-state index is 14.8. The third kappa shape index (κ3) is 3.10. The van der Waals surface area contributed by atoms with Gasteiger partial charge in [0, 0.05) is 30.8 Å². The van der Waals surface area contributed by atoms with Crippen molar-refractivity contribution in [1.82, 2.24) is 20.4 Å². The van der Waals surface area contributed by atoms with Crippen molar-refractivity contribution in [2.24, 2.45) is 0 Å². The van der Waals surface area contributed by atoms with Crippen LogP contribution in [-0.4, -0.2) is 53.2 Å². The van der Waals surface area contributed by atoms with Crippen LogP contribution in [0, 0.1) is 5.82 Å². The third-order valence-electron chi connectivity index (χ3n) is 6.64. The molecule has 0 bridgehead atoms. The van der Waals surface area contributed by atoms with Gasteiger partial charge >= 0.3 is 0 Å². The Bertz CT molecular complexity index is 1260. The first kappa shape index (κ1) is 20.4. The van der Waals surface area contributed by atoms with Crippen LogP contribution in [0.2, 0.25) is 5.02 Å². The van der Waals surface area contributed by atoms with Gasteiger partial charge in [0.1, 0.15) is 40.8 Å². The molecule has 1 unspecified atom stereocenters. The Morgan fingerprint density at radius 1 is 1.27 bits per heavy atom. The predicted octanol–water partition coefficient (Wildman–Crippen LogP) is 3.42. The van der Waals surface area contributed by atoms with Crippen molar-refractivity contribution < 1.29 is 18.4 Å². The number of piperazine rings is 1. The average molecular weight is 470 g/mol. The van der Waals surface area contributed by atoms with Crippen molar-refractivity contribution in [3.8, 4) is 17.0 Å². The molecular formula is C23H21ClFN5O3. The Morgan fingerprint density at radius 3 is 2.94 bits per heavy atom. The number of fused-ring (bicyclic) bond motifs is 3. The normalized spacial score (nSPS) is 21.8. The second-order valence-corrected chi connectivity index (χ2v) is 8.85. The zero-order valence-electron chi connectivity index (χ0n) is 17.8. The number of rotatable bonds is 2. The number of nitrogens with zero attached hydrogens (tertiary/aromatic N) is 4. The van der Waals surface area contributed by atoms with Gasteiger partial charge in [-0.1, -0.05) is 28.9 Å². The van der Waals surface area contributed by atoms with E-state index in [1.54, 1.807) is 24.5 Å². The van der Waals surface area contributed by atoms with E-state index < -0.39 is 5.82 Å². The van der Waals surface area contributed by atoms with Crippen LogP contribution >= 0.6 is 11.6 Å². The first-order valence-electron chi connectivity index (χ1n) is 10.9. The first-order chi connectivity index (χ1) is 16.0. The van der Waals surface area contributed by atoms with Gasteiger partial charge in [0.2, 0.25) is 0 Å². The first-order valence-corrected chi connectivity index (χ1v) is 11.2. The number of ether oxygens (including phenoxy) is 1. The summed E-state index contributed by atoms with van der Waals surface area (Å²) in [6.45, 7) is 4.56. The summed E-state index contributed by atoms with van der Waals surface area (Å²) in [5.74, 6) is 0.0131. The van der Waals surface area contributed by atoms with E-state index in [0.717, 1.165) is 11.3 Å². The molecule has 2 aromatic heterocycles. The van der Waals surface area contributed by atoms with Gasteiger partial charge in [0.25, 0.3) is 5.91 Å². The van der Waals surface area contributed by atoms with Gasteiger partial charge in [0.15, 0.2) is 5.75 Å². The third-order valence-corrected chi connectivity index (χ3v) is 6.99. The molecule has 1 amide bonds. The molecule has 0 spiro atoms. The summed E-state index contributed by atoms with van der Waals surface area (Å²) >= 11 is 6.77. The van der Waals surface area contributed by atoms with Gasteiger partial charge in [-0.15, -0.1) is 0 Å². The van der Waals surface area contributed by atoms with Gasteiger partial charge in [-0.2, -0.15) is 0 Å². The van der Waals surface area contributed by atoms with E-state index in [0.29, 0.717) is 37.6 Å². The maximum Gasteiger partial charge on any atom is 0.261 e.